The van der Waals surface area contributed by atoms with Crippen LogP contribution in [0, 0.1) is 0 Å². The van der Waals surface area contributed by atoms with Gasteiger partial charge >= 0.3 is 5.97 Å². The highest BCUT2D eigenvalue weighted by molar-refractivity contribution is 5.71. The van der Waals surface area contributed by atoms with Crippen molar-refractivity contribution in [2.75, 3.05) is 14.2 Å². The molecule has 0 radical (unpaired) electrons. The van der Waals surface area contributed by atoms with Crippen LogP contribution >= 0.6 is 0 Å². The van der Waals surface area contributed by atoms with Crippen LogP contribution < -0.4 is 0 Å². The lowest BCUT2D eigenvalue weighted by atomic mass is 10.3. The molecule has 0 aromatic carbocycles. The molecule has 0 aliphatic carbocycles. The minimum absolute atomic E-state index is 0.183. The Morgan fingerprint density at radius 3 is 2.81 bits per heavy atom. The molecule has 4 heteroatoms. The van der Waals surface area contributed by atoms with Crippen molar-refractivity contribution in [2.45, 2.75) is 6.42 Å². The quantitative estimate of drug-likeness (QED) is 0.436. The number of carbonyl (C=O) groups is 1. The van der Waals surface area contributed by atoms with Crippen molar-refractivity contribution < 1.29 is 18.7 Å². The number of methoxy groups -OCH3 is 2. The fourth-order valence-electron chi connectivity index (χ4n) is 1.04. The Morgan fingerprint density at radius 2 is 2.25 bits per heavy atom. The van der Waals surface area contributed by atoms with Crippen LogP contribution in [0.5, 0.6) is 0 Å². The Hall–Kier alpha value is -1.97. The summed E-state index contributed by atoms with van der Waals surface area (Å²) in [6, 6.07) is 3.62. The first-order valence-electron chi connectivity index (χ1n) is 4.79. The zero-order chi connectivity index (χ0) is 11.8. The highest BCUT2D eigenvalue weighted by atomic mass is 16.5. The molecule has 0 bridgehead atoms. The topological polar surface area (TPSA) is 48.7 Å². The molecule has 86 valence electrons. The van der Waals surface area contributed by atoms with E-state index in [1.807, 2.05) is 6.07 Å². The van der Waals surface area contributed by atoms with E-state index in [2.05, 4.69) is 4.74 Å². The molecule has 0 unspecified atom stereocenters. The van der Waals surface area contributed by atoms with Gasteiger partial charge in [0.05, 0.1) is 26.9 Å². The average Bonchev–Trinajstić information content (AvgIpc) is 2.81. The van der Waals surface area contributed by atoms with Gasteiger partial charge in [-0.05, 0) is 30.4 Å². The molecule has 0 N–H and O–H groups in total. The molecule has 4 nitrogen and oxygen atoms in total. The second kappa shape index (κ2) is 6.50. The summed E-state index contributed by atoms with van der Waals surface area (Å²) in [5.41, 5.74) is 0. The predicted octanol–water partition coefficient (Wildman–Crippen LogP) is 2.39. The SMILES string of the molecule is COC(=O)C/C=C(/C=C/c1ccco1)OC. The maximum absolute atomic E-state index is 10.9. The maximum atomic E-state index is 10.9. The molecule has 0 aliphatic heterocycles. The Labute approximate surface area is 94.2 Å². The number of furan rings is 1. The zero-order valence-corrected chi connectivity index (χ0v) is 9.30. The first-order chi connectivity index (χ1) is 7.76. The van der Waals surface area contributed by atoms with Gasteiger partial charge in [0.15, 0.2) is 0 Å². The van der Waals surface area contributed by atoms with Crippen molar-refractivity contribution in [2.24, 2.45) is 0 Å². The molecule has 1 aromatic rings. The molecule has 16 heavy (non-hydrogen) atoms. The minimum Gasteiger partial charge on any atom is -0.497 e. The van der Waals surface area contributed by atoms with Crippen LogP contribution in [0.15, 0.2) is 40.7 Å². The van der Waals surface area contributed by atoms with Gasteiger partial charge in [-0.3, -0.25) is 4.79 Å². The van der Waals surface area contributed by atoms with Crippen LogP contribution in [0.1, 0.15) is 12.2 Å². The third kappa shape index (κ3) is 4.04. The number of allylic oxidation sites excluding steroid dienone is 1. The summed E-state index contributed by atoms with van der Waals surface area (Å²) in [4.78, 5) is 10.9. The molecule has 0 saturated heterocycles. The molecule has 1 rings (SSSR count). The number of ether oxygens (including phenoxy) is 2. The first kappa shape index (κ1) is 12.1. The summed E-state index contributed by atoms with van der Waals surface area (Å²) in [7, 11) is 2.89. The molecule has 0 spiro atoms. The van der Waals surface area contributed by atoms with Crippen LogP contribution in [0.4, 0.5) is 0 Å². The van der Waals surface area contributed by atoms with E-state index >= 15 is 0 Å². The smallest absolute Gasteiger partial charge is 0.309 e. The third-order valence-electron chi connectivity index (χ3n) is 1.89. The summed E-state index contributed by atoms with van der Waals surface area (Å²) in [5, 5.41) is 0. The normalized spacial score (nSPS) is 11.8. The zero-order valence-electron chi connectivity index (χ0n) is 9.30. The van der Waals surface area contributed by atoms with Gasteiger partial charge in [0.1, 0.15) is 11.5 Å². The maximum Gasteiger partial charge on any atom is 0.309 e. The van der Waals surface area contributed by atoms with Crippen molar-refractivity contribution >= 4 is 12.0 Å². The summed E-state index contributed by atoms with van der Waals surface area (Å²) >= 11 is 0. The van der Waals surface area contributed by atoms with E-state index in [1.165, 1.54) is 14.2 Å². The molecule has 0 aliphatic rings. The van der Waals surface area contributed by atoms with Crippen LogP contribution in [-0.2, 0) is 14.3 Å². The monoisotopic (exact) mass is 222 g/mol. The van der Waals surface area contributed by atoms with Crippen molar-refractivity contribution in [3.63, 3.8) is 0 Å². The molecule has 0 saturated carbocycles. The van der Waals surface area contributed by atoms with E-state index in [4.69, 9.17) is 9.15 Å². The van der Waals surface area contributed by atoms with E-state index in [1.54, 1.807) is 30.6 Å². The Bertz CT molecular complexity index is 374. The number of hydrogen-bond donors (Lipinski definition) is 0. The Kier molecular flexibility index (Phi) is 4.92. The fraction of sp³-hybridized carbons (Fsp3) is 0.250. The van der Waals surface area contributed by atoms with Gasteiger partial charge in [-0.15, -0.1) is 0 Å². The molecular formula is C12H14O4. The van der Waals surface area contributed by atoms with Crippen molar-refractivity contribution in [1.29, 1.82) is 0 Å². The summed E-state index contributed by atoms with van der Waals surface area (Å²) in [6.07, 6.45) is 6.89. The van der Waals surface area contributed by atoms with Gasteiger partial charge in [0, 0.05) is 0 Å². The van der Waals surface area contributed by atoms with E-state index < -0.39 is 0 Å². The number of carbonyl (C=O) groups excluding carboxylic acids is 1. The highest BCUT2D eigenvalue weighted by Gasteiger charge is 1.98. The largest absolute Gasteiger partial charge is 0.497 e. The molecule has 1 heterocycles. The van der Waals surface area contributed by atoms with E-state index in [-0.39, 0.29) is 12.4 Å². The van der Waals surface area contributed by atoms with Gasteiger partial charge in [0.25, 0.3) is 0 Å². The van der Waals surface area contributed by atoms with E-state index in [0.29, 0.717) is 5.76 Å². The summed E-state index contributed by atoms with van der Waals surface area (Å²) < 4.78 is 14.7. The van der Waals surface area contributed by atoms with Gasteiger partial charge in [-0.2, -0.15) is 0 Å². The predicted molar refractivity (Wildman–Crippen MR) is 59.5 cm³/mol. The average molecular weight is 222 g/mol. The minimum atomic E-state index is -0.305. The number of esters is 1. The third-order valence-corrected chi connectivity index (χ3v) is 1.89. The second-order valence-corrected chi connectivity index (χ2v) is 2.94. The van der Waals surface area contributed by atoms with Crippen molar-refractivity contribution in [3.8, 4) is 0 Å². The lowest BCUT2D eigenvalue weighted by Crippen LogP contribution is -1.98. The van der Waals surface area contributed by atoms with Crippen molar-refractivity contribution in [3.05, 3.63) is 42.1 Å². The van der Waals surface area contributed by atoms with E-state index in [0.717, 1.165) is 5.76 Å². The van der Waals surface area contributed by atoms with Crippen molar-refractivity contribution in [1.82, 2.24) is 0 Å². The first-order valence-corrected chi connectivity index (χ1v) is 4.79. The van der Waals surface area contributed by atoms with Gasteiger partial charge in [0.2, 0.25) is 0 Å². The van der Waals surface area contributed by atoms with Gasteiger partial charge < -0.3 is 13.9 Å². The highest BCUT2D eigenvalue weighted by Crippen LogP contribution is 2.07. The van der Waals surface area contributed by atoms with Crippen LogP contribution in [0.2, 0.25) is 0 Å². The standard InChI is InChI=1S/C12H14O4/c1-14-10(7-8-12(13)15-2)5-6-11-4-3-9-16-11/h3-7,9H,8H2,1-2H3/b6-5+,10-7-. The Morgan fingerprint density at radius 1 is 1.44 bits per heavy atom. The summed E-state index contributed by atoms with van der Waals surface area (Å²) in [5.74, 6) is 1.00. The number of rotatable bonds is 5. The molecule has 0 atom stereocenters. The molecule has 1 aromatic heterocycles. The Balaban J connectivity index is 2.58. The van der Waals surface area contributed by atoms with Gasteiger partial charge in [-0.25, -0.2) is 0 Å². The summed E-state index contributed by atoms with van der Waals surface area (Å²) in [6.45, 7) is 0. The molecule has 0 amide bonds. The second-order valence-electron chi connectivity index (χ2n) is 2.94. The molecular weight excluding hydrogens is 208 g/mol. The number of hydrogen-bond acceptors (Lipinski definition) is 4. The van der Waals surface area contributed by atoms with Crippen LogP contribution in [-0.4, -0.2) is 20.2 Å². The van der Waals surface area contributed by atoms with E-state index in [9.17, 15) is 4.79 Å². The fourth-order valence-corrected chi connectivity index (χ4v) is 1.04. The van der Waals surface area contributed by atoms with Crippen LogP contribution in [0.3, 0.4) is 0 Å². The lowest BCUT2D eigenvalue weighted by molar-refractivity contribution is -0.139. The van der Waals surface area contributed by atoms with Crippen LogP contribution in [0.25, 0.3) is 6.08 Å². The molecule has 0 fully saturated rings. The van der Waals surface area contributed by atoms with Gasteiger partial charge in [-0.1, -0.05) is 0 Å². The lowest BCUT2D eigenvalue weighted by Gasteiger charge is -1.99.